The smallest absolute Gasteiger partial charge is 0.291 e. The lowest BCUT2D eigenvalue weighted by molar-refractivity contribution is -0.384. The summed E-state index contributed by atoms with van der Waals surface area (Å²) in [4.78, 5) is 35.1. The molecule has 1 aliphatic carbocycles. The zero-order valence-electron chi connectivity index (χ0n) is 11.8. The van der Waals surface area contributed by atoms with Crippen molar-refractivity contribution in [3.63, 3.8) is 0 Å². The highest BCUT2D eigenvalue weighted by Crippen LogP contribution is 2.34. The molecule has 8 heteroatoms. The van der Waals surface area contributed by atoms with E-state index in [0.29, 0.717) is 0 Å². The SMILES string of the molecule is O=C1C(Br)=C(Oc2ccc(Cl)c([N+](=O)[O-])c2)C(=O)c2ccccc21. The molecule has 0 heterocycles. The van der Waals surface area contributed by atoms with Gasteiger partial charge in [0.05, 0.1) is 11.0 Å². The van der Waals surface area contributed by atoms with Crippen LogP contribution in [0.3, 0.4) is 0 Å². The lowest BCUT2D eigenvalue weighted by atomic mass is 9.93. The van der Waals surface area contributed by atoms with Crippen LogP contribution in [0, 0.1) is 10.1 Å². The van der Waals surface area contributed by atoms with Gasteiger partial charge in [-0.15, -0.1) is 0 Å². The number of ketones is 2. The monoisotopic (exact) mass is 407 g/mol. The summed E-state index contributed by atoms with van der Waals surface area (Å²) in [6.45, 7) is 0. The number of hydrogen-bond acceptors (Lipinski definition) is 5. The van der Waals surface area contributed by atoms with Gasteiger partial charge in [-0.1, -0.05) is 35.9 Å². The van der Waals surface area contributed by atoms with Gasteiger partial charge in [-0.25, -0.2) is 0 Å². The Kier molecular flexibility index (Phi) is 4.21. The number of nitro groups is 1. The topological polar surface area (TPSA) is 86.5 Å². The number of halogens is 2. The Morgan fingerprint density at radius 2 is 1.67 bits per heavy atom. The number of ether oxygens (including phenoxy) is 1. The molecule has 0 aliphatic heterocycles. The summed E-state index contributed by atoms with van der Waals surface area (Å²) in [5.41, 5.74) is 0.119. The molecule has 3 rings (SSSR count). The largest absolute Gasteiger partial charge is 0.452 e. The van der Waals surface area contributed by atoms with Gasteiger partial charge >= 0.3 is 0 Å². The highest BCUT2D eigenvalue weighted by Gasteiger charge is 2.32. The van der Waals surface area contributed by atoms with Gasteiger partial charge < -0.3 is 4.74 Å². The van der Waals surface area contributed by atoms with Crippen molar-refractivity contribution in [2.45, 2.75) is 0 Å². The first-order valence-corrected chi connectivity index (χ1v) is 7.77. The van der Waals surface area contributed by atoms with Crippen molar-refractivity contribution in [2.75, 3.05) is 0 Å². The molecule has 0 unspecified atom stereocenters. The average molecular weight is 409 g/mol. The second kappa shape index (κ2) is 6.18. The lowest BCUT2D eigenvalue weighted by Gasteiger charge is -2.18. The van der Waals surface area contributed by atoms with Gasteiger partial charge in [-0.2, -0.15) is 0 Å². The Morgan fingerprint density at radius 3 is 2.29 bits per heavy atom. The number of Topliss-reactive ketones (excluding diaryl/α,β-unsaturated/α-hetero) is 2. The summed E-state index contributed by atoms with van der Waals surface area (Å²) >= 11 is 8.82. The fourth-order valence-electron chi connectivity index (χ4n) is 2.23. The van der Waals surface area contributed by atoms with Crippen molar-refractivity contribution in [3.05, 3.63) is 79.0 Å². The quantitative estimate of drug-likeness (QED) is 0.558. The summed E-state index contributed by atoms with van der Waals surface area (Å²) < 4.78 is 5.41. The van der Waals surface area contributed by atoms with Crippen LogP contribution in [0.25, 0.3) is 0 Å². The van der Waals surface area contributed by atoms with E-state index >= 15 is 0 Å². The predicted octanol–water partition coefficient (Wildman–Crippen LogP) is 4.31. The van der Waals surface area contributed by atoms with Crippen LogP contribution in [-0.4, -0.2) is 16.5 Å². The molecule has 0 spiro atoms. The van der Waals surface area contributed by atoms with E-state index in [0.717, 1.165) is 6.07 Å². The van der Waals surface area contributed by atoms with E-state index in [1.165, 1.54) is 18.2 Å². The van der Waals surface area contributed by atoms with Crippen molar-refractivity contribution in [2.24, 2.45) is 0 Å². The molecule has 0 N–H and O–H groups in total. The number of hydrogen-bond donors (Lipinski definition) is 0. The molecule has 0 bridgehead atoms. The molecule has 0 amide bonds. The van der Waals surface area contributed by atoms with Crippen molar-refractivity contribution in [1.29, 1.82) is 0 Å². The van der Waals surface area contributed by atoms with Crippen LogP contribution in [0.15, 0.2) is 52.7 Å². The summed E-state index contributed by atoms with van der Waals surface area (Å²) in [5, 5.41) is 10.9. The molecule has 0 aromatic heterocycles. The lowest BCUT2D eigenvalue weighted by Crippen LogP contribution is -2.22. The zero-order chi connectivity index (χ0) is 17.4. The molecule has 0 saturated carbocycles. The first-order valence-electron chi connectivity index (χ1n) is 6.60. The molecular formula is C16H7BrClNO5. The Balaban J connectivity index is 2.03. The van der Waals surface area contributed by atoms with Crippen molar-refractivity contribution < 1.29 is 19.2 Å². The minimum Gasteiger partial charge on any atom is -0.452 e. The highest BCUT2D eigenvalue weighted by molar-refractivity contribution is 9.12. The number of benzene rings is 2. The molecule has 0 fully saturated rings. The minimum atomic E-state index is -0.665. The molecule has 24 heavy (non-hydrogen) atoms. The first-order chi connectivity index (χ1) is 11.4. The van der Waals surface area contributed by atoms with E-state index in [1.807, 2.05) is 0 Å². The number of rotatable bonds is 3. The standard InChI is InChI=1S/C16H7BrClNO5/c17-13-14(20)9-3-1-2-4-10(9)15(21)16(13)24-8-5-6-11(18)12(7-8)19(22)23/h1-7H. The van der Waals surface area contributed by atoms with Crippen LogP contribution < -0.4 is 4.74 Å². The van der Waals surface area contributed by atoms with Gasteiger partial charge in [-0.3, -0.25) is 19.7 Å². The van der Waals surface area contributed by atoms with E-state index in [2.05, 4.69) is 15.9 Å². The molecule has 120 valence electrons. The fraction of sp³-hybridized carbons (Fsp3) is 0. The number of nitro benzene ring substituents is 1. The zero-order valence-corrected chi connectivity index (χ0v) is 14.1. The number of nitrogens with zero attached hydrogens (tertiary/aromatic N) is 1. The highest BCUT2D eigenvalue weighted by atomic mass is 79.9. The molecule has 0 saturated heterocycles. The van der Waals surface area contributed by atoms with Crippen LogP contribution >= 0.6 is 27.5 Å². The molecular weight excluding hydrogens is 402 g/mol. The van der Waals surface area contributed by atoms with E-state index in [1.54, 1.807) is 18.2 Å². The number of carbonyl (C=O) groups is 2. The van der Waals surface area contributed by atoms with Crippen LogP contribution in [0.2, 0.25) is 5.02 Å². The number of carbonyl (C=O) groups excluding carboxylic acids is 2. The van der Waals surface area contributed by atoms with E-state index < -0.39 is 16.5 Å². The summed E-state index contributed by atoms with van der Waals surface area (Å²) in [5.74, 6) is -1.09. The Labute approximate surface area is 149 Å². The van der Waals surface area contributed by atoms with Crippen molar-refractivity contribution in [1.82, 2.24) is 0 Å². The molecule has 6 nitrogen and oxygen atoms in total. The van der Waals surface area contributed by atoms with Crippen LogP contribution in [0.1, 0.15) is 20.7 Å². The Hall–Kier alpha value is -2.51. The van der Waals surface area contributed by atoms with Crippen LogP contribution in [0.5, 0.6) is 5.75 Å². The third-order valence-electron chi connectivity index (χ3n) is 3.36. The normalized spacial score (nSPS) is 13.8. The van der Waals surface area contributed by atoms with Gasteiger partial charge in [0, 0.05) is 11.1 Å². The minimum absolute atomic E-state index is 0.0265. The molecule has 2 aromatic carbocycles. The molecule has 2 aromatic rings. The van der Waals surface area contributed by atoms with E-state index in [4.69, 9.17) is 16.3 Å². The number of fused-ring (bicyclic) bond motifs is 1. The predicted molar refractivity (Wildman–Crippen MR) is 89.8 cm³/mol. The van der Waals surface area contributed by atoms with Gasteiger partial charge in [0.25, 0.3) is 5.69 Å². The maximum atomic E-state index is 12.5. The molecule has 1 aliphatic rings. The Bertz CT molecular complexity index is 938. The number of allylic oxidation sites excluding steroid dienone is 2. The van der Waals surface area contributed by atoms with Crippen molar-refractivity contribution >= 4 is 44.8 Å². The van der Waals surface area contributed by atoms with Gasteiger partial charge in [0.2, 0.25) is 11.6 Å². The maximum Gasteiger partial charge on any atom is 0.291 e. The Morgan fingerprint density at radius 1 is 1.04 bits per heavy atom. The second-order valence-corrected chi connectivity index (χ2v) is 6.02. The first kappa shape index (κ1) is 16.4. The maximum absolute atomic E-state index is 12.5. The van der Waals surface area contributed by atoms with Gasteiger partial charge in [0.15, 0.2) is 5.76 Å². The fourth-order valence-corrected chi connectivity index (χ4v) is 2.89. The van der Waals surface area contributed by atoms with E-state index in [-0.39, 0.29) is 37.8 Å². The third-order valence-corrected chi connectivity index (χ3v) is 4.40. The third kappa shape index (κ3) is 2.72. The molecule has 0 radical (unpaired) electrons. The van der Waals surface area contributed by atoms with Crippen LogP contribution in [0.4, 0.5) is 5.69 Å². The summed E-state index contributed by atoms with van der Waals surface area (Å²) in [6.07, 6.45) is 0. The van der Waals surface area contributed by atoms with Gasteiger partial charge in [0.1, 0.15) is 15.3 Å². The van der Waals surface area contributed by atoms with Crippen molar-refractivity contribution in [3.8, 4) is 5.75 Å². The second-order valence-electron chi connectivity index (χ2n) is 4.82. The summed E-state index contributed by atoms with van der Waals surface area (Å²) in [6, 6.07) is 10.1. The van der Waals surface area contributed by atoms with Gasteiger partial charge in [-0.05, 0) is 28.1 Å². The average Bonchev–Trinajstić information content (AvgIpc) is 2.58. The van der Waals surface area contributed by atoms with Crippen LogP contribution in [-0.2, 0) is 0 Å². The summed E-state index contributed by atoms with van der Waals surface area (Å²) in [7, 11) is 0. The molecule has 0 atom stereocenters. The van der Waals surface area contributed by atoms with E-state index in [9.17, 15) is 19.7 Å².